The van der Waals surface area contributed by atoms with Gasteiger partial charge in [0, 0.05) is 37.2 Å². The zero-order chi connectivity index (χ0) is 22.1. The van der Waals surface area contributed by atoms with Crippen LogP contribution in [0.3, 0.4) is 0 Å². The summed E-state index contributed by atoms with van der Waals surface area (Å²) in [5, 5.41) is 12.7. The maximum atomic E-state index is 13.4. The van der Waals surface area contributed by atoms with Crippen molar-refractivity contribution in [2.75, 3.05) is 38.6 Å². The summed E-state index contributed by atoms with van der Waals surface area (Å²) >= 11 is 0. The molecular weight excluding hydrogens is 394 g/mol. The molecular formula is C24H35N3O4. The van der Waals surface area contributed by atoms with Gasteiger partial charge in [0.05, 0.1) is 18.2 Å². The molecule has 1 heterocycles. The quantitative estimate of drug-likeness (QED) is 0.664. The van der Waals surface area contributed by atoms with Gasteiger partial charge in [0.25, 0.3) is 5.91 Å². The van der Waals surface area contributed by atoms with E-state index in [1.165, 1.54) is 12.8 Å². The second-order valence-corrected chi connectivity index (χ2v) is 9.76. The molecule has 2 aliphatic carbocycles. The van der Waals surface area contributed by atoms with E-state index in [2.05, 4.69) is 24.2 Å². The number of hydrogen-bond donors (Lipinski definition) is 2. The molecule has 1 aromatic rings. The molecule has 0 saturated heterocycles. The lowest BCUT2D eigenvalue weighted by molar-refractivity contribution is -0.117. The minimum Gasteiger partial charge on any atom is -0.488 e. The van der Waals surface area contributed by atoms with Gasteiger partial charge in [0.1, 0.15) is 11.9 Å². The summed E-state index contributed by atoms with van der Waals surface area (Å²) < 4.78 is 6.41. The van der Waals surface area contributed by atoms with Crippen molar-refractivity contribution in [1.82, 2.24) is 9.80 Å². The average molecular weight is 430 g/mol. The molecule has 3 atom stereocenters. The van der Waals surface area contributed by atoms with E-state index in [9.17, 15) is 14.7 Å². The first-order chi connectivity index (χ1) is 14.9. The summed E-state index contributed by atoms with van der Waals surface area (Å²) in [5.74, 6) is 1.38. The predicted molar refractivity (Wildman–Crippen MR) is 119 cm³/mol. The molecule has 7 nitrogen and oxygen atoms in total. The third kappa shape index (κ3) is 5.39. The van der Waals surface area contributed by atoms with E-state index in [0.29, 0.717) is 23.5 Å². The number of aliphatic hydroxyl groups excluding tert-OH is 1. The van der Waals surface area contributed by atoms with E-state index >= 15 is 0 Å². The van der Waals surface area contributed by atoms with Crippen LogP contribution in [0.15, 0.2) is 18.2 Å². The van der Waals surface area contributed by atoms with Crippen molar-refractivity contribution in [2.24, 2.45) is 17.8 Å². The Kier molecular flexibility index (Phi) is 6.53. The molecule has 0 aromatic heterocycles. The Labute approximate surface area is 184 Å². The van der Waals surface area contributed by atoms with Crippen molar-refractivity contribution in [3.8, 4) is 5.75 Å². The van der Waals surface area contributed by atoms with E-state index in [-0.39, 0.29) is 42.4 Å². The van der Waals surface area contributed by atoms with Crippen molar-refractivity contribution in [1.29, 1.82) is 0 Å². The van der Waals surface area contributed by atoms with Crippen LogP contribution >= 0.6 is 0 Å². The number of likely N-dealkylation sites (N-methyl/N-ethyl adjacent to an activating group) is 1. The summed E-state index contributed by atoms with van der Waals surface area (Å²) in [5.41, 5.74) is 1.05. The highest BCUT2D eigenvalue weighted by Gasteiger charge is 2.35. The van der Waals surface area contributed by atoms with Gasteiger partial charge in [0.2, 0.25) is 5.91 Å². The van der Waals surface area contributed by atoms with Gasteiger partial charge in [-0.1, -0.05) is 6.92 Å². The minimum absolute atomic E-state index is 0.00735. The van der Waals surface area contributed by atoms with Gasteiger partial charge in [-0.05, 0) is 63.8 Å². The fourth-order valence-corrected chi connectivity index (χ4v) is 4.23. The summed E-state index contributed by atoms with van der Waals surface area (Å²) in [6, 6.07) is 5.03. The molecule has 2 fully saturated rings. The summed E-state index contributed by atoms with van der Waals surface area (Å²) in [4.78, 5) is 29.7. The van der Waals surface area contributed by atoms with Crippen molar-refractivity contribution >= 4 is 17.5 Å². The molecule has 3 aliphatic rings. The third-order valence-electron chi connectivity index (χ3n) is 6.64. The molecule has 0 bridgehead atoms. The van der Waals surface area contributed by atoms with E-state index in [0.717, 1.165) is 31.8 Å². The van der Waals surface area contributed by atoms with Crippen LogP contribution in [0, 0.1) is 17.8 Å². The molecule has 2 amide bonds. The highest BCUT2D eigenvalue weighted by molar-refractivity contribution is 6.00. The second-order valence-electron chi connectivity index (χ2n) is 9.76. The summed E-state index contributed by atoms with van der Waals surface area (Å²) in [7, 11) is 2.13. The predicted octanol–water partition coefficient (Wildman–Crippen LogP) is 2.60. The van der Waals surface area contributed by atoms with Gasteiger partial charge in [-0.2, -0.15) is 0 Å². The van der Waals surface area contributed by atoms with Crippen LogP contribution in [-0.4, -0.2) is 72.2 Å². The van der Waals surface area contributed by atoms with E-state index in [4.69, 9.17) is 4.74 Å². The number of carbonyl (C=O) groups excluding carboxylic acids is 2. The number of anilines is 1. The van der Waals surface area contributed by atoms with Crippen LogP contribution in [0.2, 0.25) is 0 Å². The van der Waals surface area contributed by atoms with Crippen LogP contribution in [0.4, 0.5) is 5.69 Å². The lowest BCUT2D eigenvalue weighted by Crippen LogP contribution is -2.50. The van der Waals surface area contributed by atoms with Crippen LogP contribution in [0.5, 0.6) is 5.75 Å². The van der Waals surface area contributed by atoms with Crippen LogP contribution in [0.25, 0.3) is 0 Å². The molecule has 2 saturated carbocycles. The van der Waals surface area contributed by atoms with Crippen LogP contribution in [0.1, 0.15) is 49.9 Å². The zero-order valence-corrected chi connectivity index (χ0v) is 18.8. The monoisotopic (exact) mass is 429 g/mol. The van der Waals surface area contributed by atoms with Crippen molar-refractivity contribution in [2.45, 2.75) is 51.7 Å². The number of nitrogens with zero attached hydrogens (tertiary/aromatic N) is 2. The average Bonchev–Trinajstić information content (AvgIpc) is 3.64. The first-order valence-corrected chi connectivity index (χ1v) is 11.6. The second kappa shape index (κ2) is 9.17. The first kappa shape index (κ1) is 22.1. The number of carbonyl (C=O) groups is 2. The summed E-state index contributed by atoms with van der Waals surface area (Å²) in [6.45, 7) is 6.24. The lowest BCUT2D eigenvalue weighted by atomic mass is 9.99. The molecule has 7 heteroatoms. The van der Waals surface area contributed by atoms with E-state index in [1.807, 2.05) is 13.0 Å². The maximum absolute atomic E-state index is 13.4. The number of ether oxygens (including phenoxy) is 1. The van der Waals surface area contributed by atoms with Crippen LogP contribution < -0.4 is 10.1 Å². The number of benzene rings is 1. The Hall–Kier alpha value is -2.12. The lowest BCUT2D eigenvalue weighted by Gasteiger charge is -2.38. The molecule has 0 unspecified atom stereocenters. The topological polar surface area (TPSA) is 82.1 Å². The maximum Gasteiger partial charge on any atom is 0.258 e. The Balaban J connectivity index is 1.60. The van der Waals surface area contributed by atoms with Crippen molar-refractivity contribution < 1.29 is 19.4 Å². The Morgan fingerprint density at radius 2 is 2.03 bits per heavy atom. The largest absolute Gasteiger partial charge is 0.488 e. The number of rotatable bonds is 8. The molecule has 0 radical (unpaired) electrons. The standard InChI is InChI=1S/C24H35N3O4/c1-15-11-27(16(2)14-28)24(30)20-10-19(25-23(29)18-6-7-18)8-9-21(20)31-22(15)13-26(3)12-17-4-5-17/h8-10,15-18,22,28H,4-7,11-14H2,1-3H3,(H,25,29)/t15-,16-,22-/m0/s1. The number of fused-ring (bicyclic) bond motifs is 1. The smallest absolute Gasteiger partial charge is 0.258 e. The van der Waals surface area contributed by atoms with Gasteiger partial charge in [-0.15, -0.1) is 0 Å². The molecule has 2 N–H and O–H groups in total. The van der Waals surface area contributed by atoms with Gasteiger partial charge < -0.3 is 25.0 Å². The van der Waals surface area contributed by atoms with Gasteiger partial charge in [-0.25, -0.2) is 0 Å². The zero-order valence-electron chi connectivity index (χ0n) is 18.8. The summed E-state index contributed by atoms with van der Waals surface area (Å²) in [6.07, 6.45) is 4.39. The fourth-order valence-electron chi connectivity index (χ4n) is 4.23. The molecule has 170 valence electrons. The molecule has 4 rings (SSSR count). The minimum atomic E-state index is -0.296. The Bertz CT molecular complexity index is 821. The van der Waals surface area contributed by atoms with E-state index < -0.39 is 0 Å². The molecule has 31 heavy (non-hydrogen) atoms. The number of amides is 2. The molecule has 0 spiro atoms. The van der Waals surface area contributed by atoms with Gasteiger partial charge in [-0.3, -0.25) is 9.59 Å². The van der Waals surface area contributed by atoms with Gasteiger partial charge in [0.15, 0.2) is 0 Å². The highest BCUT2D eigenvalue weighted by Crippen LogP contribution is 2.34. The fraction of sp³-hybridized carbons (Fsp3) is 0.667. The van der Waals surface area contributed by atoms with Crippen molar-refractivity contribution in [3.05, 3.63) is 23.8 Å². The SMILES string of the molecule is C[C@H]1CN([C@@H](C)CO)C(=O)c2cc(NC(=O)C3CC3)ccc2O[C@H]1CN(C)CC1CC1. The van der Waals surface area contributed by atoms with Crippen LogP contribution in [-0.2, 0) is 4.79 Å². The number of hydrogen-bond acceptors (Lipinski definition) is 5. The molecule has 1 aliphatic heterocycles. The van der Waals surface area contributed by atoms with Gasteiger partial charge >= 0.3 is 0 Å². The Morgan fingerprint density at radius 1 is 1.29 bits per heavy atom. The normalized spacial score (nSPS) is 24.8. The third-order valence-corrected chi connectivity index (χ3v) is 6.64. The molecule has 1 aromatic carbocycles. The number of aliphatic hydroxyl groups is 1. The van der Waals surface area contributed by atoms with Crippen molar-refractivity contribution in [3.63, 3.8) is 0 Å². The number of nitrogens with one attached hydrogen (secondary N) is 1. The van der Waals surface area contributed by atoms with E-state index in [1.54, 1.807) is 17.0 Å². The Morgan fingerprint density at radius 3 is 2.68 bits per heavy atom. The highest BCUT2D eigenvalue weighted by atomic mass is 16.5. The first-order valence-electron chi connectivity index (χ1n) is 11.6.